The zero-order valence-electron chi connectivity index (χ0n) is 12.6. The zero-order chi connectivity index (χ0) is 18.1. The fourth-order valence-corrected chi connectivity index (χ4v) is 2.92. The summed E-state index contributed by atoms with van der Waals surface area (Å²) in [7, 11) is 0. The normalized spacial score (nSPS) is 19.2. The van der Waals surface area contributed by atoms with Crippen LogP contribution in [0.3, 0.4) is 0 Å². The number of hydrogen-bond acceptors (Lipinski definition) is 5. The Kier molecular flexibility index (Phi) is 4.28. The molecule has 8 nitrogen and oxygen atoms in total. The van der Waals surface area contributed by atoms with Crippen molar-refractivity contribution >= 4 is 29.1 Å². The van der Waals surface area contributed by atoms with Gasteiger partial charge in [0.05, 0.1) is 10.5 Å². The molecule has 1 aliphatic rings. The number of nitrogens with one attached hydrogen (secondary N) is 1. The van der Waals surface area contributed by atoms with Crippen molar-refractivity contribution in [1.29, 1.82) is 0 Å². The maximum atomic E-state index is 12.3. The first-order valence-corrected chi connectivity index (χ1v) is 7.64. The minimum Gasteiger partial charge on any atom is -0.507 e. The largest absolute Gasteiger partial charge is 0.507 e. The van der Waals surface area contributed by atoms with E-state index >= 15 is 0 Å². The molecule has 128 valence electrons. The summed E-state index contributed by atoms with van der Waals surface area (Å²) in [6.07, 6.45) is 0. The van der Waals surface area contributed by atoms with Crippen molar-refractivity contribution in [2.24, 2.45) is 0 Å². The number of non-ortho nitro benzene ring substituents is 1. The lowest BCUT2D eigenvalue weighted by atomic mass is 9.95. The van der Waals surface area contributed by atoms with E-state index in [0.29, 0.717) is 5.56 Å². The molecule has 2 amide bonds. The van der Waals surface area contributed by atoms with Crippen molar-refractivity contribution in [2.45, 2.75) is 11.4 Å². The fraction of sp³-hybridized carbons (Fsp3) is 0.125. The van der Waals surface area contributed by atoms with Gasteiger partial charge in [0.25, 0.3) is 17.5 Å². The van der Waals surface area contributed by atoms with Gasteiger partial charge in [-0.2, -0.15) is 0 Å². The van der Waals surface area contributed by atoms with E-state index in [9.17, 15) is 24.8 Å². The van der Waals surface area contributed by atoms with Gasteiger partial charge in [0, 0.05) is 12.1 Å². The summed E-state index contributed by atoms with van der Waals surface area (Å²) in [5, 5.41) is 20.7. The van der Waals surface area contributed by atoms with Crippen LogP contribution >= 0.6 is 11.6 Å². The van der Waals surface area contributed by atoms with Crippen LogP contribution in [0.25, 0.3) is 0 Å². The summed E-state index contributed by atoms with van der Waals surface area (Å²) < 4.78 is 0. The number of alkyl halides is 1. The third-order valence-corrected chi connectivity index (χ3v) is 4.25. The van der Waals surface area contributed by atoms with Crippen molar-refractivity contribution in [3.05, 3.63) is 69.8 Å². The number of carbonyl (C=O) groups is 2. The minimum absolute atomic E-state index is 0.00823. The molecular formula is C16H12ClN3O5. The number of rotatable bonds is 4. The van der Waals surface area contributed by atoms with Crippen molar-refractivity contribution in [3.8, 4) is 5.75 Å². The number of phenols is 1. The number of amides is 2. The number of β-lactam (4-membered cyclic amide) rings is 1. The Morgan fingerprint density at radius 2 is 1.96 bits per heavy atom. The number of hydrazine groups is 1. The quantitative estimate of drug-likeness (QED) is 0.375. The number of nitrogens with zero attached hydrogens (tertiary/aromatic N) is 2. The number of para-hydroxylation sites is 1. The lowest BCUT2D eigenvalue weighted by Gasteiger charge is -2.43. The molecular weight excluding hydrogens is 350 g/mol. The molecule has 0 spiro atoms. The van der Waals surface area contributed by atoms with E-state index in [1.54, 1.807) is 18.2 Å². The maximum Gasteiger partial charge on any atom is 0.273 e. The predicted molar refractivity (Wildman–Crippen MR) is 87.9 cm³/mol. The second-order valence-electron chi connectivity index (χ2n) is 5.37. The molecule has 0 aromatic heterocycles. The molecule has 0 bridgehead atoms. The fourth-order valence-electron chi connectivity index (χ4n) is 2.55. The van der Waals surface area contributed by atoms with E-state index in [1.807, 2.05) is 0 Å². The number of nitro benzene ring substituents is 1. The molecule has 1 heterocycles. The van der Waals surface area contributed by atoms with Crippen molar-refractivity contribution < 1.29 is 19.6 Å². The number of phenolic OH excluding ortho intramolecular Hbond substituents is 1. The van der Waals surface area contributed by atoms with Gasteiger partial charge in [0.15, 0.2) is 0 Å². The van der Waals surface area contributed by atoms with E-state index in [4.69, 9.17) is 11.6 Å². The third-order valence-electron chi connectivity index (χ3n) is 3.82. The molecule has 0 aliphatic carbocycles. The van der Waals surface area contributed by atoms with Gasteiger partial charge in [-0.05, 0) is 17.7 Å². The Bertz CT molecular complexity index is 872. The first kappa shape index (κ1) is 16.7. The number of halogens is 1. The lowest BCUT2D eigenvalue weighted by molar-refractivity contribution is -0.385. The predicted octanol–water partition coefficient (Wildman–Crippen LogP) is 2.14. The number of hydrogen-bond donors (Lipinski definition) is 2. The van der Waals surface area contributed by atoms with Crippen LogP contribution in [-0.2, 0) is 4.79 Å². The smallest absolute Gasteiger partial charge is 0.273 e. The average molecular weight is 362 g/mol. The van der Waals surface area contributed by atoms with E-state index in [1.165, 1.54) is 30.3 Å². The molecule has 2 aromatic rings. The third kappa shape index (κ3) is 2.99. The standard InChI is InChI=1S/C16H12ClN3O5/c17-13-14(9-4-3-5-10(8-9)20(24)25)19(16(13)23)18-15(22)11-6-1-2-7-12(11)21/h1-8,13-14,21H,(H,18,22)/t13-,14-/m1/s1. The van der Waals surface area contributed by atoms with Gasteiger partial charge in [-0.3, -0.25) is 25.1 Å². The van der Waals surface area contributed by atoms with E-state index < -0.39 is 28.2 Å². The number of carbonyl (C=O) groups excluding carboxylic acids is 2. The Hall–Kier alpha value is -3.13. The van der Waals surface area contributed by atoms with Gasteiger partial charge < -0.3 is 5.11 Å². The van der Waals surface area contributed by atoms with Crippen molar-refractivity contribution in [2.75, 3.05) is 0 Å². The van der Waals surface area contributed by atoms with Gasteiger partial charge >= 0.3 is 0 Å². The van der Waals surface area contributed by atoms with Crippen LogP contribution in [0, 0.1) is 10.1 Å². The highest BCUT2D eigenvalue weighted by molar-refractivity contribution is 6.33. The second-order valence-corrected chi connectivity index (χ2v) is 5.84. The summed E-state index contributed by atoms with van der Waals surface area (Å²) in [6.45, 7) is 0. The number of nitro groups is 1. The van der Waals surface area contributed by atoms with Gasteiger partial charge in [-0.25, -0.2) is 5.01 Å². The van der Waals surface area contributed by atoms with Crippen molar-refractivity contribution in [3.63, 3.8) is 0 Å². The molecule has 0 saturated carbocycles. The van der Waals surface area contributed by atoms with Gasteiger partial charge in [0.2, 0.25) is 0 Å². The Morgan fingerprint density at radius 3 is 2.64 bits per heavy atom. The molecule has 1 saturated heterocycles. The first-order valence-electron chi connectivity index (χ1n) is 7.20. The molecule has 2 aromatic carbocycles. The molecule has 25 heavy (non-hydrogen) atoms. The number of aromatic hydroxyl groups is 1. The summed E-state index contributed by atoms with van der Waals surface area (Å²) in [5.41, 5.74) is 2.65. The van der Waals surface area contributed by atoms with Gasteiger partial charge in [-0.15, -0.1) is 11.6 Å². The summed E-state index contributed by atoms with van der Waals surface area (Å²) in [6, 6.07) is 10.8. The van der Waals surface area contributed by atoms with Crippen LogP contribution in [-0.4, -0.2) is 32.2 Å². The molecule has 2 atom stereocenters. The lowest BCUT2D eigenvalue weighted by Crippen LogP contribution is -2.63. The van der Waals surface area contributed by atoms with Crippen LogP contribution in [0.1, 0.15) is 22.0 Å². The number of benzene rings is 2. The summed E-state index contributed by atoms with van der Waals surface area (Å²) in [4.78, 5) is 34.6. The minimum atomic E-state index is -0.952. The molecule has 9 heteroatoms. The molecule has 0 radical (unpaired) electrons. The van der Waals surface area contributed by atoms with Crippen LogP contribution < -0.4 is 5.43 Å². The van der Waals surface area contributed by atoms with E-state index in [2.05, 4.69) is 5.43 Å². The summed E-state index contributed by atoms with van der Waals surface area (Å²) in [5.74, 6) is -1.46. The van der Waals surface area contributed by atoms with Gasteiger partial charge in [0.1, 0.15) is 17.2 Å². The monoisotopic (exact) mass is 361 g/mol. The average Bonchev–Trinajstić information content (AvgIpc) is 2.61. The molecule has 1 fully saturated rings. The van der Waals surface area contributed by atoms with Crippen molar-refractivity contribution in [1.82, 2.24) is 10.4 Å². The Morgan fingerprint density at radius 1 is 1.24 bits per heavy atom. The molecule has 2 N–H and O–H groups in total. The zero-order valence-corrected chi connectivity index (χ0v) is 13.4. The molecule has 1 aliphatic heterocycles. The molecule has 3 rings (SSSR count). The summed E-state index contributed by atoms with van der Waals surface area (Å²) >= 11 is 6.03. The van der Waals surface area contributed by atoms with Crippen LogP contribution in [0.15, 0.2) is 48.5 Å². The second kappa shape index (κ2) is 6.40. The van der Waals surface area contributed by atoms with Gasteiger partial charge in [-0.1, -0.05) is 24.3 Å². The maximum absolute atomic E-state index is 12.3. The van der Waals surface area contributed by atoms with Crippen LogP contribution in [0.2, 0.25) is 0 Å². The first-order chi connectivity index (χ1) is 11.9. The Balaban J connectivity index is 1.85. The van der Waals surface area contributed by atoms with E-state index in [0.717, 1.165) is 5.01 Å². The van der Waals surface area contributed by atoms with Crippen LogP contribution in [0.4, 0.5) is 5.69 Å². The highest BCUT2D eigenvalue weighted by Crippen LogP contribution is 2.38. The topological polar surface area (TPSA) is 113 Å². The van der Waals surface area contributed by atoms with E-state index in [-0.39, 0.29) is 17.0 Å². The highest BCUT2D eigenvalue weighted by atomic mass is 35.5. The Labute approximate surface area is 146 Å². The molecule has 0 unspecified atom stereocenters. The van der Waals surface area contributed by atoms with Crippen LogP contribution in [0.5, 0.6) is 5.75 Å². The SMILES string of the molecule is O=C(NN1C(=O)[C@H](Cl)[C@H]1c1cccc([N+](=O)[O-])c1)c1ccccc1O. The highest BCUT2D eigenvalue weighted by Gasteiger charge is 2.48.